The number of amides is 1. The van der Waals surface area contributed by atoms with E-state index in [0.717, 1.165) is 0 Å². The Morgan fingerprint density at radius 3 is 2.62 bits per heavy atom. The summed E-state index contributed by atoms with van der Waals surface area (Å²) in [5, 5.41) is 0. The van der Waals surface area contributed by atoms with Crippen LogP contribution in [-0.2, 0) is 0 Å². The molecule has 0 bridgehead atoms. The highest BCUT2D eigenvalue weighted by Gasteiger charge is 2.44. The van der Waals surface area contributed by atoms with Gasteiger partial charge in [0.1, 0.15) is 5.76 Å². The molecule has 88 valence electrons. The summed E-state index contributed by atoms with van der Waals surface area (Å²) in [5.41, 5.74) is 6.58. The first-order valence-corrected chi connectivity index (χ1v) is 5.56. The highest BCUT2D eigenvalue weighted by molar-refractivity contribution is 5.95. The van der Waals surface area contributed by atoms with Gasteiger partial charge in [0.2, 0.25) is 0 Å². The summed E-state index contributed by atoms with van der Waals surface area (Å²) in [6.07, 6.45) is 1.54. The molecule has 1 fully saturated rings. The van der Waals surface area contributed by atoms with Crippen molar-refractivity contribution in [2.75, 3.05) is 13.1 Å². The molecule has 4 heteroatoms. The van der Waals surface area contributed by atoms with Gasteiger partial charge in [-0.3, -0.25) is 4.79 Å². The Kier molecular flexibility index (Phi) is 2.54. The molecule has 2 heterocycles. The number of nitrogens with two attached hydrogens (primary N) is 1. The first-order valence-electron chi connectivity index (χ1n) is 5.56. The summed E-state index contributed by atoms with van der Waals surface area (Å²) in [6.45, 7) is 7.24. The number of likely N-dealkylation sites (tertiary alicyclic amines) is 1. The molecule has 0 radical (unpaired) electrons. The van der Waals surface area contributed by atoms with Crippen LogP contribution < -0.4 is 5.73 Å². The normalized spacial score (nSPS) is 18.7. The fraction of sp³-hybridized carbons (Fsp3) is 0.583. The Morgan fingerprint density at radius 2 is 2.19 bits per heavy atom. The molecule has 1 aliphatic rings. The van der Waals surface area contributed by atoms with Crippen LogP contribution >= 0.6 is 0 Å². The average molecular weight is 222 g/mol. The lowest BCUT2D eigenvalue weighted by atomic mass is 9.80. The second-order valence-electron chi connectivity index (χ2n) is 4.94. The third kappa shape index (κ3) is 1.63. The maximum atomic E-state index is 12.0. The van der Waals surface area contributed by atoms with E-state index in [1.54, 1.807) is 24.2 Å². The maximum absolute atomic E-state index is 12.0. The largest absolute Gasteiger partial charge is 0.469 e. The number of rotatable bonds is 2. The van der Waals surface area contributed by atoms with Crippen molar-refractivity contribution in [3.63, 3.8) is 0 Å². The number of nitrogens with zero attached hydrogens (tertiary/aromatic N) is 1. The molecule has 0 aromatic carbocycles. The van der Waals surface area contributed by atoms with Crippen LogP contribution in [0, 0.1) is 12.8 Å². The zero-order valence-corrected chi connectivity index (χ0v) is 9.99. The first kappa shape index (κ1) is 11.2. The molecule has 1 aromatic heterocycles. The molecule has 0 spiro atoms. The van der Waals surface area contributed by atoms with Gasteiger partial charge in [-0.15, -0.1) is 0 Å². The Bertz CT molecular complexity index is 403. The molecular weight excluding hydrogens is 204 g/mol. The van der Waals surface area contributed by atoms with Crippen LogP contribution in [0.15, 0.2) is 16.7 Å². The molecule has 0 saturated carbocycles. The van der Waals surface area contributed by atoms with Crippen LogP contribution in [0.25, 0.3) is 0 Å². The quantitative estimate of drug-likeness (QED) is 0.822. The lowest BCUT2D eigenvalue weighted by molar-refractivity contribution is 0.0273. The monoisotopic (exact) mass is 222 g/mol. The van der Waals surface area contributed by atoms with Gasteiger partial charge in [0.25, 0.3) is 5.91 Å². The smallest absolute Gasteiger partial charge is 0.257 e. The lowest BCUT2D eigenvalue weighted by Crippen LogP contribution is -2.71. The Hall–Kier alpha value is -1.29. The SMILES string of the molecule is Cc1occc1C(=O)N1CC(N)(C(C)C)C1. The highest BCUT2D eigenvalue weighted by Crippen LogP contribution is 2.28. The van der Waals surface area contributed by atoms with Gasteiger partial charge in [-0.05, 0) is 18.9 Å². The first-order chi connectivity index (χ1) is 7.44. The molecule has 0 unspecified atom stereocenters. The third-order valence-corrected chi connectivity index (χ3v) is 3.50. The van der Waals surface area contributed by atoms with Crippen LogP contribution in [0.1, 0.15) is 30.0 Å². The van der Waals surface area contributed by atoms with Gasteiger partial charge in [-0.2, -0.15) is 0 Å². The molecule has 0 aliphatic carbocycles. The number of furan rings is 1. The summed E-state index contributed by atoms with van der Waals surface area (Å²) in [4.78, 5) is 13.8. The van der Waals surface area contributed by atoms with E-state index in [9.17, 15) is 4.79 Å². The van der Waals surface area contributed by atoms with Gasteiger partial charge in [-0.25, -0.2) is 0 Å². The second kappa shape index (κ2) is 3.63. The summed E-state index contributed by atoms with van der Waals surface area (Å²) < 4.78 is 5.13. The van der Waals surface area contributed by atoms with E-state index in [4.69, 9.17) is 10.2 Å². The Morgan fingerprint density at radius 1 is 1.56 bits per heavy atom. The van der Waals surface area contributed by atoms with Crippen molar-refractivity contribution >= 4 is 5.91 Å². The van der Waals surface area contributed by atoms with E-state index >= 15 is 0 Å². The van der Waals surface area contributed by atoms with E-state index in [1.807, 2.05) is 0 Å². The van der Waals surface area contributed by atoms with Gasteiger partial charge < -0.3 is 15.1 Å². The number of hydrogen-bond donors (Lipinski definition) is 1. The standard InChI is InChI=1S/C12H18N2O2/c1-8(2)12(13)6-14(7-12)11(15)10-4-5-16-9(10)3/h4-5,8H,6-7,13H2,1-3H3. The van der Waals surface area contributed by atoms with Crippen molar-refractivity contribution in [3.05, 3.63) is 23.7 Å². The third-order valence-electron chi connectivity index (χ3n) is 3.50. The van der Waals surface area contributed by atoms with E-state index in [-0.39, 0.29) is 11.4 Å². The van der Waals surface area contributed by atoms with Crippen molar-refractivity contribution in [3.8, 4) is 0 Å². The predicted molar refractivity (Wildman–Crippen MR) is 61.1 cm³/mol. The van der Waals surface area contributed by atoms with Crippen molar-refractivity contribution in [1.82, 2.24) is 4.90 Å². The van der Waals surface area contributed by atoms with Crippen LogP contribution in [-0.4, -0.2) is 29.4 Å². The van der Waals surface area contributed by atoms with Gasteiger partial charge in [0.05, 0.1) is 17.4 Å². The van der Waals surface area contributed by atoms with Gasteiger partial charge in [0.15, 0.2) is 0 Å². The van der Waals surface area contributed by atoms with Crippen molar-refractivity contribution < 1.29 is 9.21 Å². The van der Waals surface area contributed by atoms with Gasteiger partial charge in [0, 0.05) is 13.1 Å². The zero-order valence-electron chi connectivity index (χ0n) is 9.99. The number of aryl methyl sites for hydroxylation is 1. The topological polar surface area (TPSA) is 59.5 Å². The fourth-order valence-electron chi connectivity index (χ4n) is 1.95. The molecule has 1 saturated heterocycles. The number of hydrogen-bond acceptors (Lipinski definition) is 3. The number of carbonyl (C=O) groups is 1. The zero-order chi connectivity index (χ0) is 11.9. The molecule has 1 amide bonds. The Balaban J connectivity index is 2.04. The summed E-state index contributed by atoms with van der Waals surface area (Å²) in [7, 11) is 0. The van der Waals surface area contributed by atoms with Crippen LogP contribution in [0.3, 0.4) is 0 Å². The van der Waals surface area contributed by atoms with Gasteiger partial charge >= 0.3 is 0 Å². The van der Waals surface area contributed by atoms with Crippen LogP contribution in [0.5, 0.6) is 0 Å². The van der Waals surface area contributed by atoms with Crippen LogP contribution in [0.4, 0.5) is 0 Å². The minimum Gasteiger partial charge on any atom is -0.469 e. The van der Waals surface area contributed by atoms with Gasteiger partial charge in [-0.1, -0.05) is 13.8 Å². The lowest BCUT2D eigenvalue weighted by Gasteiger charge is -2.50. The van der Waals surface area contributed by atoms with Crippen molar-refractivity contribution in [2.45, 2.75) is 26.3 Å². The minimum atomic E-state index is -0.215. The maximum Gasteiger partial charge on any atom is 0.257 e. The molecule has 2 rings (SSSR count). The average Bonchev–Trinajstić information content (AvgIpc) is 2.58. The fourth-order valence-corrected chi connectivity index (χ4v) is 1.95. The molecule has 1 aliphatic heterocycles. The van der Waals surface area contributed by atoms with Crippen molar-refractivity contribution in [2.24, 2.45) is 11.7 Å². The summed E-state index contributed by atoms with van der Waals surface area (Å²) in [5.74, 6) is 1.08. The molecule has 16 heavy (non-hydrogen) atoms. The highest BCUT2D eigenvalue weighted by atomic mass is 16.3. The van der Waals surface area contributed by atoms with Crippen LogP contribution in [0.2, 0.25) is 0 Å². The molecule has 1 aromatic rings. The van der Waals surface area contributed by atoms with Crippen molar-refractivity contribution in [1.29, 1.82) is 0 Å². The predicted octanol–water partition coefficient (Wildman–Crippen LogP) is 1.40. The minimum absolute atomic E-state index is 0.0213. The van der Waals surface area contributed by atoms with E-state index < -0.39 is 0 Å². The Labute approximate surface area is 95.4 Å². The molecular formula is C12H18N2O2. The second-order valence-corrected chi connectivity index (χ2v) is 4.94. The van der Waals surface area contributed by atoms with E-state index in [0.29, 0.717) is 30.3 Å². The summed E-state index contributed by atoms with van der Waals surface area (Å²) in [6, 6.07) is 1.71. The number of carbonyl (C=O) groups excluding carboxylic acids is 1. The van der Waals surface area contributed by atoms with E-state index in [2.05, 4.69) is 13.8 Å². The molecule has 4 nitrogen and oxygen atoms in total. The summed E-state index contributed by atoms with van der Waals surface area (Å²) >= 11 is 0. The molecule has 2 N–H and O–H groups in total. The van der Waals surface area contributed by atoms with E-state index in [1.165, 1.54) is 0 Å². The molecule has 0 atom stereocenters.